The van der Waals surface area contributed by atoms with Crippen molar-refractivity contribution in [3.63, 3.8) is 0 Å². The molecular formula is C18H14N2O4. The van der Waals surface area contributed by atoms with E-state index in [0.717, 1.165) is 0 Å². The number of nitrogens with one attached hydrogen (secondary N) is 1. The summed E-state index contributed by atoms with van der Waals surface area (Å²) in [6.45, 7) is 0. The normalized spacial score (nSPS) is 11.5. The number of nitrogens with zero attached hydrogens (tertiary/aromatic N) is 1. The Morgan fingerprint density at radius 3 is 2.62 bits per heavy atom. The molecule has 0 atom stereocenters. The van der Waals surface area contributed by atoms with E-state index >= 15 is 0 Å². The van der Waals surface area contributed by atoms with Crippen LogP contribution in [0.5, 0.6) is 0 Å². The minimum atomic E-state index is -0.497. The number of carbonyl (C=O) groups excluding carboxylic acids is 1. The van der Waals surface area contributed by atoms with E-state index in [1.165, 1.54) is 19.3 Å². The lowest BCUT2D eigenvalue weighted by Gasteiger charge is -2.03. The molecule has 6 nitrogen and oxygen atoms in total. The van der Waals surface area contributed by atoms with Crippen LogP contribution >= 0.6 is 0 Å². The second-order valence-corrected chi connectivity index (χ2v) is 5.07. The standard InChI is InChI=1S/C18H14N2O4/c1-24-18(23)12-7-8-13-14(9-12)20-17(22)15(19-13)10-16(21)11-5-3-2-4-6-11/h2-10,21H,1H3,(H,20,22). The molecular weight excluding hydrogens is 308 g/mol. The Kier molecular flexibility index (Phi) is 4.11. The van der Waals surface area contributed by atoms with Crippen molar-refractivity contribution in [3.8, 4) is 0 Å². The Hall–Kier alpha value is -3.41. The molecule has 0 radical (unpaired) electrons. The molecule has 0 saturated heterocycles. The van der Waals surface area contributed by atoms with Crippen LogP contribution in [-0.2, 0) is 4.74 Å². The molecule has 2 aromatic carbocycles. The van der Waals surface area contributed by atoms with Gasteiger partial charge in [0.25, 0.3) is 5.56 Å². The Bertz CT molecular complexity index is 991. The number of aliphatic hydroxyl groups is 1. The molecule has 0 aliphatic heterocycles. The van der Waals surface area contributed by atoms with Gasteiger partial charge >= 0.3 is 5.97 Å². The second-order valence-electron chi connectivity index (χ2n) is 5.07. The molecule has 1 aromatic heterocycles. The zero-order valence-electron chi connectivity index (χ0n) is 12.8. The van der Waals surface area contributed by atoms with Crippen LogP contribution in [0.25, 0.3) is 22.9 Å². The van der Waals surface area contributed by atoms with Gasteiger partial charge in [-0.1, -0.05) is 30.3 Å². The number of H-pyrrole nitrogens is 1. The van der Waals surface area contributed by atoms with Gasteiger partial charge in [-0.15, -0.1) is 0 Å². The maximum Gasteiger partial charge on any atom is 0.337 e. The third kappa shape index (κ3) is 3.03. The largest absolute Gasteiger partial charge is 0.507 e. The summed E-state index contributed by atoms with van der Waals surface area (Å²) in [6, 6.07) is 13.5. The molecule has 3 aromatic rings. The van der Waals surface area contributed by atoms with Gasteiger partial charge in [-0.2, -0.15) is 0 Å². The van der Waals surface area contributed by atoms with Crippen molar-refractivity contribution in [1.82, 2.24) is 9.97 Å². The fourth-order valence-corrected chi connectivity index (χ4v) is 2.26. The number of aromatic amines is 1. The second kappa shape index (κ2) is 6.37. The molecule has 0 saturated carbocycles. The van der Waals surface area contributed by atoms with Crippen LogP contribution in [0.15, 0.2) is 53.3 Å². The first-order chi connectivity index (χ1) is 11.6. The van der Waals surface area contributed by atoms with Crippen molar-refractivity contribution >= 4 is 28.8 Å². The number of aromatic nitrogens is 2. The summed E-state index contributed by atoms with van der Waals surface area (Å²) < 4.78 is 4.65. The fourth-order valence-electron chi connectivity index (χ4n) is 2.26. The van der Waals surface area contributed by atoms with Gasteiger partial charge < -0.3 is 14.8 Å². The smallest absolute Gasteiger partial charge is 0.337 e. The molecule has 1 heterocycles. The van der Waals surface area contributed by atoms with E-state index in [9.17, 15) is 14.7 Å². The van der Waals surface area contributed by atoms with Crippen LogP contribution in [0.2, 0.25) is 0 Å². The summed E-state index contributed by atoms with van der Waals surface area (Å²) in [5.74, 6) is -0.553. The Morgan fingerprint density at radius 1 is 1.17 bits per heavy atom. The number of hydrogen-bond donors (Lipinski definition) is 2. The van der Waals surface area contributed by atoms with Crippen molar-refractivity contribution in [2.24, 2.45) is 0 Å². The van der Waals surface area contributed by atoms with Gasteiger partial charge in [0.1, 0.15) is 11.5 Å². The molecule has 2 N–H and O–H groups in total. The number of rotatable bonds is 3. The van der Waals surface area contributed by atoms with Crippen molar-refractivity contribution in [3.05, 3.63) is 75.7 Å². The summed E-state index contributed by atoms with van der Waals surface area (Å²) in [7, 11) is 1.29. The minimum Gasteiger partial charge on any atom is -0.507 e. The van der Waals surface area contributed by atoms with Crippen LogP contribution in [0.1, 0.15) is 21.6 Å². The Labute approximate surface area is 137 Å². The molecule has 0 bridgehead atoms. The predicted molar refractivity (Wildman–Crippen MR) is 90.6 cm³/mol. The molecule has 24 heavy (non-hydrogen) atoms. The van der Waals surface area contributed by atoms with Crippen molar-refractivity contribution in [2.75, 3.05) is 7.11 Å². The van der Waals surface area contributed by atoms with Crippen LogP contribution < -0.4 is 5.56 Å². The Morgan fingerprint density at radius 2 is 1.92 bits per heavy atom. The molecule has 6 heteroatoms. The van der Waals surface area contributed by atoms with Crippen molar-refractivity contribution in [2.45, 2.75) is 0 Å². The van der Waals surface area contributed by atoms with Gasteiger partial charge in [0.2, 0.25) is 0 Å². The highest BCUT2D eigenvalue weighted by atomic mass is 16.5. The molecule has 0 aliphatic carbocycles. The maximum atomic E-state index is 12.2. The monoisotopic (exact) mass is 322 g/mol. The van der Waals surface area contributed by atoms with Gasteiger partial charge in [0.15, 0.2) is 0 Å². The van der Waals surface area contributed by atoms with E-state index in [1.54, 1.807) is 36.4 Å². The zero-order chi connectivity index (χ0) is 17.1. The molecule has 0 unspecified atom stereocenters. The van der Waals surface area contributed by atoms with Crippen LogP contribution in [0.3, 0.4) is 0 Å². The molecule has 3 rings (SSSR count). The first kappa shape index (κ1) is 15.5. The molecule has 120 valence electrons. The SMILES string of the molecule is COC(=O)c1ccc2nc(C=C(O)c3ccccc3)c(=O)[nH]c2c1. The number of hydrogen-bond acceptors (Lipinski definition) is 5. The molecule has 0 fully saturated rings. The number of methoxy groups -OCH3 is 1. The van der Waals surface area contributed by atoms with E-state index in [-0.39, 0.29) is 11.5 Å². The summed E-state index contributed by atoms with van der Waals surface area (Å²) in [5, 5.41) is 10.1. The van der Waals surface area contributed by atoms with Crippen LogP contribution in [0.4, 0.5) is 0 Å². The number of aliphatic hydroxyl groups excluding tert-OH is 1. The van der Waals surface area contributed by atoms with Gasteiger partial charge in [-0.05, 0) is 18.2 Å². The predicted octanol–water partition coefficient (Wildman–Crippen LogP) is 2.77. The van der Waals surface area contributed by atoms with Gasteiger partial charge in [-0.3, -0.25) is 4.79 Å². The summed E-state index contributed by atoms with van der Waals surface area (Å²) in [4.78, 5) is 30.6. The van der Waals surface area contributed by atoms with E-state index in [2.05, 4.69) is 14.7 Å². The topological polar surface area (TPSA) is 92.3 Å². The van der Waals surface area contributed by atoms with E-state index < -0.39 is 11.5 Å². The van der Waals surface area contributed by atoms with E-state index in [1.807, 2.05) is 6.07 Å². The number of benzene rings is 2. The lowest BCUT2D eigenvalue weighted by molar-refractivity contribution is 0.0601. The molecule has 0 aliphatic rings. The number of carbonyl (C=O) groups is 1. The number of fused-ring (bicyclic) bond motifs is 1. The maximum absolute atomic E-state index is 12.2. The highest BCUT2D eigenvalue weighted by Crippen LogP contribution is 2.15. The van der Waals surface area contributed by atoms with Crippen molar-refractivity contribution in [1.29, 1.82) is 0 Å². The summed E-state index contributed by atoms with van der Waals surface area (Å²) in [5.41, 5.74) is 1.42. The molecule has 0 spiro atoms. The fraction of sp³-hybridized carbons (Fsp3) is 0.0556. The van der Waals surface area contributed by atoms with Gasteiger partial charge in [0, 0.05) is 11.6 Å². The quantitative estimate of drug-likeness (QED) is 0.571. The van der Waals surface area contributed by atoms with Crippen LogP contribution in [0, 0.1) is 0 Å². The first-order valence-electron chi connectivity index (χ1n) is 7.17. The highest BCUT2D eigenvalue weighted by Gasteiger charge is 2.09. The molecule has 0 amide bonds. The lowest BCUT2D eigenvalue weighted by Crippen LogP contribution is -2.12. The zero-order valence-corrected chi connectivity index (χ0v) is 12.8. The van der Waals surface area contributed by atoms with Crippen LogP contribution in [-0.4, -0.2) is 28.2 Å². The minimum absolute atomic E-state index is 0.0564. The lowest BCUT2D eigenvalue weighted by atomic mass is 10.1. The van der Waals surface area contributed by atoms with E-state index in [4.69, 9.17) is 0 Å². The third-order valence-electron chi connectivity index (χ3n) is 3.48. The number of esters is 1. The van der Waals surface area contributed by atoms with Crippen molar-refractivity contribution < 1.29 is 14.6 Å². The summed E-state index contributed by atoms with van der Waals surface area (Å²) >= 11 is 0. The Balaban J connectivity index is 2.06. The van der Waals surface area contributed by atoms with Gasteiger partial charge in [-0.25, -0.2) is 9.78 Å². The summed E-state index contributed by atoms with van der Waals surface area (Å²) in [6.07, 6.45) is 1.31. The average molecular weight is 322 g/mol. The third-order valence-corrected chi connectivity index (χ3v) is 3.48. The average Bonchev–Trinajstić information content (AvgIpc) is 2.62. The number of ether oxygens (including phenoxy) is 1. The van der Waals surface area contributed by atoms with E-state index in [0.29, 0.717) is 22.2 Å². The van der Waals surface area contributed by atoms with Gasteiger partial charge in [0.05, 0.1) is 23.7 Å². The highest BCUT2D eigenvalue weighted by molar-refractivity contribution is 5.93. The first-order valence-corrected chi connectivity index (χ1v) is 7.17.